The van der Waals surface area contributed by atoms with Crippen LogP contribution in [0.15, 0.2) is 9.21 Å². The van der Waals surface area contributed by atoms with Crippen LogP contribution in [0, 0.1) is 19.8 Å². The standard InChI is InChI=1S/C20H34O4/c1-6-7-8-9-10-11-12-14(2)17(21)13-18-15(3)19(22)16(4)20(23-5)24-18/h14,17,21H,6-13H2,1-5H3/t14-,17?/m0/s1. The topological polar surface area (TPSA) is 59.7 Å². The van der Waals surface area contributed by atoms with Crippen molar-refractivity contribution < 1.29 is 14.3 Å². The van der Waals surface area contributed by atoms with Crippen LogP contribution < -0.4 is 10.2 Å². The van der Waals surface area contributed by atoms with Crippen molar-refractivity contribution >= 4 is 0 Å². The van der Waals surface area contributed by atoms with Crippen molar-refractivity contribution in [2.24, 2.45) is 5.92 Å². The normalized spacial score (nSPS) is 13.8. The molecule has 0 radical (unpaired) electrons. The molecule has 4 nitrogen and oxygen atoms in total. The Labute approximate surface area is 146 Å². The van der Waals surface area contributed by atoms with E-state index in [1.165, 1.54) is 39.2 Å². The number of methoxy groups -OCH3 is 1. The van der Waals surface area contributed by atoms with Crippen LogP contribution in [0.2, 0.25) is 0 Å². The van der Waals surface area contributed by atoms with E-state index in [0.29, 0.717) is 23.3 Å². The van der Waals surface area contributed by atoms with Crippen molar-refractivity contribution in [2.75, 3.05) is 7.11 Å². The highest BCUT2D eigenvalue weighted by molar-refractivity contribution is 5.29. The van der Waals surface area contributed by atoms with Gasteiger partial charge in [-0.05, 0) is 26.2 Å². The number of aliphatic hydroxyl groups is 1. The first-order valence-corrected chi connectivity index (χ1v) is 9.27. The van der Waals surface area contributed by atoms with Crippen molar-refractivity contribution in [2.45, 2.75) is 85.2 Å². The van der Waals surface area contributed by atoms with Gasteiger partial charge in [0.2, 0.25) is 0 Å². The largest absolute Gasteiger partial charge is 0.468 e. The van der Waals surface area contributed by atoms with Gasteiger partial charge in [-0.3, -0.25) is 4.79 Å². The van der Waals surface area contributed by atoms with E-state index in [9.17, 15) is 9.90 Å². The molecule has 0 aliphatic carbocycles. The van der Waals surface area contributed by atoms with Gasteiger partial charge in [-0.2, -0.15) is 0 Å². The molecule has 0 bridgehead atoms. The number of aliphatic hydroxyl groups excluding tert-OH is 1. The molecule has 0 fully saturated rings. The molecular weight excluding hydrogens is 304 g/mol. The molecule has 0 aromatic carbocycles. The minimum Gasteiger partial charge on any atom is -0.468 e. The van der Waals surface area contributed by atoms with Gasteiger partial charge in [-0.15, -0.1) is 0 Å². The van der Waals surface area contributed by atoms with Gasteiger partial charge in [-0.1, -0.05) is 52.4 Å². The van der Waals surface area contributed by atoms with E-state index in [4.69, 9.17) is 9.15 Å². The molecule has 0 spiro atoms. The first kappa shape index (κ1) is 20.8. The second kappa shape index (κ2) is 10.5. The van der Waals surface area contributed by atoms with Crippen LogP contribution in [0.3, 0.4) is 0 Å². The zero-order valence-electron chi connectivity index (χ0n) is 16.0. The van der Waals surface area contributed by atoms with E-state index in [0.717, 1.165) is 12.8 Å². The van der Waals surface area contributed by atoms with Gasteiger partial charge in [-0.25, -0.2) is 0 Å². The Morgan fingerprint density at radius 3 is 2.33 bits per heavy atom. The molecule has 0 saturated heterocycles. The molecule has 1 heterocycles. The third-order valence-corrected chi connectivity index (χ3v) is 4.87. The molecule has 0 aliphatic rings. The Morgan fingerprint density at radius 2 is 1.71 bits per heavy atom. The summed E-state index contributed by atoms with van der Waals surface area (Å²) < 4.78 is 10.8. The maximum Gasteiger partial charge on any atom is 0.291 e. The molecule has 1 N–H and O–H groups in total. The van der Waals surface area contributed by atoms with E-state index < -0.39 is 6.10 Å². The fourth-order valence-electron chi connectivity index (χ4n) is 2.99. The molecule has 1 unspecified atom stereocenters. The molecule has 0 aliphatic heterocycles. The Kier molecular flexibility index (Phi) is 9.12. The SMILES string of the molecule is CCCCCCCC[C@H](C)C(O)Cc1oc(OC)c(C)c(=O)c1C. The first-order valence-electron chi connectivity index (χ1n) is 9.27. The smallest absolute Gasteiger partial charge is 0.291 e. The predicted octanol–water partition coefficient (Wildman–Crippen LogP) is 4.56. The van der Waals surface area contributed by atoms with Crippen molar-refractivity contribution in [1.82, 2.24) is 0 Å². The van der Waals surface area contributed by atoms with Crippen LogP contribution in [0.5, 0.6) is 5.95 Å². The van der Waals surface area contributed by atoms with Crippen LogP contribution in [0.25, 0.3) is 0 Å². The lowest BCUT2D eigenvalue weighted by Gasteiger charge is -2.19. The summed E-state index contributed by atoms with van der Waals surface area (Å²) in [4.78, 5) is 12.2. The minimum absolute atomic E-state index is 0.0659. The van der Waals surface area contributed by atoms with Gasteiger partial charge in [0.1, 0.15) is 5.76 Å². The molecule has 2 atom stereocenters. The number of ether oxygens (including phenoxy) is 1. The van der Waals surface area contributed by atoms with Gasteiger partial charge < -0.3 is 14.3 Å². The molecule has 24 heavy (non-hydrogen) atoms. The lowest BCUT2D eigenvalue weighted by molar-refractivity contribution is 0.102. The van der Waals surface area contributed by atoms with Crippen LogP contribution >= 0.6 is 0 Å². The Bertz CT molecular complexity index is 547. The lowest BCUT2D eigenvalue weighted by Crippen LogP contribution is -2.23. The highest BCUT2D eigenvalue weighted by Gasteiger charge is 2.20. The van der Waals surface area contributed by atoms with E-state index in [1.807, 2.05) is 0 Å². The first-order chi connectivity index (χ1) is 11.4. The van der Waals surface area contributed by atoms with Gasteiger partial charge >= 0.3 is 0 Å². The Balaban J connectivity index is 2.56. The summed E-state index contributed by atoms with van der Waals surface area (Å²) >= 11 is 0. The Morgan fingerprint density at radius 1 is 1.08 bits per heavy atom. The van der Waals surface area contributed by atoms with E-state index in [2.05, 4.69) is 13.8 Å². The summed E-state index contributed by atoms with van der Waals surface area (Å²) in [5.41, 5.74) is 0.983. The summed E-state index contributed by atoms with van der Waals surface area (Å²) in [6.07, 6.45) is 8.38. The maximum absolute atomic E-state index is 12.2. The van der Waals surface area contributed by atoms with Gasteiger partial charge in [0.05, 0.1) is 18.8 Å². The molecule has 1 rings (SSSR count). The number of hydrogen-bond acceptors (Lipinski definition) is 4. The quantitative estimate of drug-likeness (QED) is 0.601. The average molecular weight is 338 g/mol. The summed E-state index contributed by atoms with van der Waals surface area (Å²) in [5, 5.41) is 10.5. The fourth-order valence-corrected chi connectivity index (χ4v) is 2.99. The summed E-state index contributed by atoms with van der Waals surface area (Å²) in [6, 6.07) is 0. The summed E-state index contributed by atoms with van der Waals surface area (Å²) in [6.45, 7) is 7.73. The van der Waals surface area contributed by atoms with Crippen molar-refractivity contribution in [3.63, 3.8) is 0 Å². The lowest BCUT2D eigenvalue weighted by atomic mass is 9.93. The molecule has 1 aromatic heterocycles. The molecule has 4 heteroatoms. The molecule has 1 aromatic rings. The second-order valence-corrected chi connectivity index (χ2v) is 6.90. The number of hydrogen-bond donors (Lipinski definition) is 1. The maximum atomic E-state index is 12.2. The van der Waals surface area contributed by atoms with E-state index in [1.54, 1.807) is 13.8 Å². The highest BCUT2D eigenvalue weighted by atomic mass is 16.6. The van der Waals surface area contributed by atoms with Crippen LogP contribution in [-0.4, -0.2) is 18.3 Å². The monoisotopic (exact) mass is 338 g/mol. The number of unbranched alkanes of at least 4 members (excludes halogenated alkanes) is 5. The summed E-state index contributed by atoms with van der Waals surface area (Å²) in [5.74, 6) is 0.967. The van der Waals surface area contributed by atoms with Gasteiger partial charge in [0.25, 0.3) is 5.95 Å². The van der Waals surface area contributed by atoms with Crippen LogP contribution in [0.1, 0.15) is 75.7 Å². The van der Waals surface area contributed by atoms with Crippen molar-refractivity contribution in [3.8, 4) is 5.95 Å². The van der Waals surface area contributed by atoms with E-state index in [-0.39, 0.29) is 17.3 Å². The zero-order chi connectivity index (χ0) is 18.1. The third kappa shape index (κ3) is 5.97. The molecule has 138 valence electrons. The van der Waals surface area contributed by atoms with Crippen LogP contribution in [0.4, 0.5) is 0 Å². The summed E-state index contributed by atoms with van der Waals surface area (Å²) in [7, 11) is 1.49. The molecular formula is C20H34O4. The average Bonchev–Trinajstić information content (AvgIpc) is 2.58. The molecule has 0 amide bonds. The Hall–Kier alpha value is -1.29. The second-order valence-electron chi connectivity index (χ2n) is 6.90. The van der Waals surface area contributed by atoms with E-state index >= 15 is 0 Å². The van der Waals surface area contributed by atoms with Crippen LogP contribution in [-0.2, 0) is 6.42 Å². The predicted molar refractivity (Wildman–Crippen MR) is 97.9 cm³/mol. The van der Waals surface area contributed by atoms with Crippen molar-refractivity contribution in [3.05, 3.63) is 27.1 Å². The highest BCUT2D eigenvalue weighted by Crippen LogP contribution is 2.23. The third-order valence-electron chi connectivity index (χ3n) is 4.87. The minimum atomic E-state index is -0.505. The van der Waals surface area contributed by atoms with Gasteiger partial charge in [0, 0.05) is 12.0 Å². The molecule has 0 saturated carbocycles. The van der Waals surface area contributed by atoms with Crippen molar-refractivity contribution in [1.29, 1.82) is 0 Å². The number of rotatable bonds is 11. The van der Waals surface area contributed by atoms with Gasteiger partial charge in [0.15, 0.2) is 5.43 Å². The zero-order valence-corrected chi connectivity index (χ0v) is 16.0. The fraction of sp³-hybridized carbons (Fsp3) is 0.750.